The number of hydrogen-bond donors (Lipinski definition) is 0. The van der Waals surface area contributed by atoms with Crippen LogP contribution in [0.1, 0.15) is 39.5 Å². The number of piperidine rings is 1. The summed E-state index contributed by atoms with van der Waals surface area (Å²) in [5, 5.41) is 0. The lowest BCUT2D eigenvalue weighted by atomic mass is 9.96. The Morgan fingerprint density at radius 1 is 1.00 bits per heavy atom. The molecule has 2 rings (SSSR count). The van der Waals surface area contributed by atoms with Gasteiger partial charge in [-0.25, -0.2) is 8.42 Å². The molecule has 0 aromatic rings. The number of nitrogens with zero attached hydrogens (tertiary/aromatic N) is 3. The summed E-state index contributed by atoms with van der Waals surface area (Å²) in [5.74, 6) is 0.151. The number of sulfonamides is 1. The van der Waals surface area contributed by atoms with E-state index < -0.39 is 10.0 Å². The van der Waals surface area contributed by atoms with E-state index in [1.54, 1.807) is 11.8 Å². The fraction of sp³-hybridized carbons (Fsp3) is 0.875. The van der Waals surface area contributed by atoms with Crippen LogP contribution in [0.25, 0.3) is 0 Å². The van der Waals surface area contributed by atoms with E-state index in [2.05, 4.69) is 0 Å². The SMILES string of the molecule is CCCC(=O)N1CCCC(C(=O)N2CCN(S(=O)(=O)CC)CC2)C1. The summed E-state index contributed by atoms with van der Waals surface area (Å²) in [7, 11) is -3.18. The van der Waals surface area contributed by atoms with Gasteiger partial charge in [-0.1, -0.05) is 6.92 Å². The molecule has 2 aliphatic rings. The van der Waals surface area contributed by atoms with E-state index in [0.717, 1.165) is 25.8 Å². The highest BCUT2D eigenvalue weighted by molar-refractivity contribution is 7.89. The van der Waals surface area contributed by atoms with E-state index in [1.165, 1.54) is 4.31 Å². The van der Waals surface area contributed by atoms with Gasteiger partial charge < -0.3 is 9.80 Å². The van der Waals surface area contributed by atoms with Gasteiger partial charge in [-0.05, 0) is 26.2 Å². The number of piperazine rings is 1. The van der Waals surface area contributed by atoms with Crippen molar-refractivity contribution in [3.63, 3.8) is 0 Å². The van der Waals surface area contributed by atoms with E-state index in [9.17, 15) is 18.0 Å². The van der Waals surface area contributed by atoms with E-state index >= 15 is 0 Å². The third-order valence-corrected chi connectivity index (χ3v) is 6.78. The number of rotatable bonds is 5. The Morgan fingerprint density at radius 3 is 2.25 bits per heavy atom. The highest BCUT2D eigenvalue weighted by atomic mass is 32.2. The van der Waals surface area contributed by atoms with E-state index in [4.69, 9.17) is 0 Å². The van der Waals surface area contributed by atoms with Crippen molar-refractivity contribution in [3.05, 3.63) is 0 Å². The zero-order chi connectivity index (χ0) is 17.7. The van der Waals surface area contributed by atoms with Gasteiger partial charge in [0.15, 0.2) is 0 Å². The highest BCUT2D eigenvalue weighted by Crippen LogP contribution is 2.21. The Labute approximate surface area is 145 Å². The van der Waals surface area contributed by atoms with Crippen LogP contribution < -0.4 is 0 Å². The summed E-state index contributed by atoms with van der Waals surface area (Å²) in [4.78, 5) is 28.4. The zero-order valence-electron chi connectivity index (χ0n) is 14.7. The Hall–Kier alpha value is -1.15. The largest absolute Gasteiger partial charge is 0.342 e. The average Bonchev–Trinajstić information content (AvgIpc) is 2.61. The van der Waals surface area contributed by atoms with Crippen molar-refractivity contribution in [1.29, 1.82) is 0 Å². The fourth-order valence-electron chi connectivity index (χ4n) is 3.40. The van der Waals surface area contributed by atoms with Crippen LogP contribution in [0.15, 0.2) is 0 Å². The maximum Gasteiger partial charge on any atom is 0.227 e. The van der Waals surface area contributed by atoms with Gasteiger partial charge in [-0.15, -0.1) is 0 Å². The molecule has 0 saturated carbocycles. The van der Waals surface area contributed by atoms with Crippen LogP contribution in [-0.2, 0) is 19.6 Å². The smallest absolute Gasteiger partial charge is 0.227 e. The van der Waals surface area contributed by atoms with Crippen LogP contribution in [0, 0.1) is 5.92 Å². The van der Waals surface area contributed by atoms with Gasteiger partial charge in [0.2, 0.25) is 21.8 Å². The maximum atomic E-state index is 12.7. The van der Waals surface area contributed by atoms with Gasteiger partial charge in [0.1, 0.15) is 0 Å². The lowest BCUT2D eigenvalue weighted by Gasteiger charge is -2.38. The molecule has 2 saturated heterocycles. The van der Waals surface area contributed by atoms with E-state index in [-0.39, 0.29) is 23.5 Å². The molecule has 2 fully saturated rings. The minimum Gasteiger partial charge on any atom is -0.342 e. The topological polar surface area (TPSA) is 78.0 Å². The van der Waals surface area contributed by atoms with Gasteiger partial charge in [0.05, 0.1) is 11.7 Å². The monoisotopic (exact) mass is 359 g/mol. The first-order chi connectivity index (χ1) is 11.4. The molecule has 1 unspecified atom stereocenters. The second-order valence-electron chi connectivity index (χ2n) is 6.55. The molecule has 1 atom stereocenters. The first-order valence-electron chi connectivity index (χ1n) is 8.93. The molecule has 7 nitrogen and oxygen atoms in total. The Balaban J connectivity index is 1.89. The van der Waals surface area contributed by atoms with Crippen LogP contribution in [0.3, 0.4) is 0 Å². The summed E-state index contributed by atoms with van der Waals surface area (Å²) in [6.45, 7) is 6.48. The van der Waals surface area contributed by atoms with Gasteiger partial charge in [-0.3, -0.25) is 9.59 Å². The summed E-state index contributed by atoms with van der Waals surface area (Å²) in [5.41, 5.74) is 0. The summed E-state index contributed by atoms with van der Waals surface area (Å²) in [6, 6.07) is 0. The van der Waals surface area contributed by atoms with Gasteiger partial charge >= 0.3 is 0 Å². The molecular weight excluding hydrogens is 330 g/mol. The molecule has 0 aliphatic carbocycles. The van der Waals surface area contributed by atoms with Crippen LogP contribution in [0.2, 0.25) is 0 Å². The Bertz CT molecular complexity index is 556. The number of hydrogen-bond acceptors (Lipinski definition) is 4. The summed E-state index contributed by atoms with van der Waals surface area (Å²) >= 11 is 0. The fourth-order valence-corrected chi connectivity index (χ4v) is 4.49. The molecule has 0 aromatic heterocycles. The first-order valence-corrected chi connectivity index (χ1v) is 10.5. The van der Waals surface area contributed by atoms with Crippen LogP contribution in [0.5, 0.6) is 0 Å². The van der Waals surface area contributed by atoms with Crippen molar-refractivity contribution in [2.75, 3.05) is 45.0 Å². The van der Waals surface area contributed by atoms with Crippen molar-refractivity contribution in [1.82, 2.24) is 14.1 Å². The summed E-state index contributed by atoms with van der Waals surface area (Å²) < 4.78 is 25.2. The molecule has 0 bridgehead atoms. The third-order valence-electron chi connectivity index (χ3n) is 4.90. The molecular formula is C16H29N3O4S. The predicted octanol–water partition coefficient (Wildman–Crippen LogP) is 0.519. The second kappa shape index (κ2) is 8.29. The first kappa shape index (κ1) is 19.2. The molecule has 0 N–H and O–H groups in total. The van der Waals surface area contributed by atoms with E-state index in [0.29, 0.717) is 39.1 Å². The van der Waals surface area contributed by atoms with E-state index in [1.807, 2.05) is 11.8 Å². The molecule has 0 spiro atoms. The second-order valence-corrected chi connectivity index (χ2v) is 8.81. The van der Waals surface area contributed by atoms with Crippen molar-refractivity contribution in [2.24, 2.45) is 5.92 Å². The van der Waals surface area contributed by atoms with Crippen molar-refractivity contribution < 1.29 is 18.0 Å². The number of amides is 2. The zero-order valence-corrected chi connectivity index (χ0v) is 15.6. The Morgan fingerprint density at radius 2 is 1.67 bits per heavy atom. The normalized spacial score (nSPS) is 23.3. The van der Waals surface area contributed by atoms with Crippen LogP contribution >= 0.6 is 0 Å². The predicted molar refractivity (Wildman–Crippen MR) is 91.8 cm³/mol. The maximum absolute atomic E-state index is 12.7. The third kappa shape index (κ3) is 4.47. The highest BCUT2D eigenvalue weighted by Gasteiger charge is 2.33. The molecule has 138 valence electrons. The van der Waals surface area contributed by atoms with Crippen LogP contribution in [-0.4, -0.2) is 79.4 Å². The molecule has 2 aliphatic heterocycles. The molecule has 0 radical (unpaired) electrons. The molecule has 0 aromatic carbocycles. The Kier molecular flexibility index (Phi) is 6.62. The van der Waals surface area contributed by atoms with Crippen molar-refractivity contribution in [2.45, 2.75) is 39.5 Å². The van der Waals surface area contributed by atoms with Crippen molar-refractivity contribution >= 4 is 21.8 Å². The number of carbonyl (C=O) groups excluding carboxylic acids is 2. The molecule has 24 heavy (non-hydrogen) atoms. The quantitative estimate of drug-likeness (QED) is 0.717. The van der Waals surface area contributed by atoms with Gasteiger partial charge in [-0.2, -0.15) is 4.31 Å². The molecule has 8 heteroatoms. The average molecular weight is 359 g/mol. The van der Waals surface area contributed by atoms with Crippen LogP contribution in [0.4, 0.5) is 0 Å². The molecule has 2 amide bonds. The van der Waals surface area contributed by atoms with Crippen molar-refractivity contribution in [3.8, 4) is 0 Å². The number of carbonyl (C=O) groups is 2. The number of likely N-dealkylation sites (tertiary alicyclic amines) is 1. The summed E-state index contributed by atoms with van der Waals surface area (Å²) in [6.07, 6.45) is 3.02. The van der Waals surface area contributed by atoms with Gasteiger partial charge in [0, 0.05) is 45.7 Å². The lowest BCUT2D eigenvalue weighted by molar-refractivity contribution is -0.141. The van der Waals surface area contributed by atoms with Gasteiger partial charge in [0.25, 0.3) is 0 Å². The molecule has 2 heterocycles. The lowest BCUT2D eigenvalue weighted by Crippen LogP contribution is -2.54. The minimum atomic E-state index is -3.18. The minimum absolute atomic E-state index is 0.0672. The standard InChI is InChI=1S/C16H29N3O4S/c1-3-6-15(20)18-8-5-7-14(13-18)16(21)17-9-11-19(12-10-17)24(22,23)4-2/h14H,3-13H2,1-2H3.